The van der Waals surface area contributed by atoms with Gasteiger partial charge in [-0.25, -0.2) is 9.37 Å². The second kappa shape index (κ2) is 11.1. The van der Waals surface area contributed by atoms with E-state index in [4.69, 9.17) is 21.4 Å². The largest absolute Gasteiger partial charge is 0.481 e. The molecular weight excluding hydrogens is 453 g/mol. The predicted molar refractivity (Wildman–Crippen MR) is 114 cm³/mol. The Labute approximate surface area is 186 Å². The number of carbonyl (C=O) groups is 2. The van der Waals surface area contributed by atoms with Gasteiger partial charge in [-0.2, -0.15) is 0 Å². The molecule has 0 radical (unpaired) electrons. The van der Waals surface area contributed by atoms with E-state index < -0.39 is 11.8 Å². The quantitative estimate of drug-likeness (QED) is 0.541. The monoisotopic (exact) mass is 473 g/mol. The maximum atomic E-state index is 14.1. The van der Waals surface area contributed by atoms with Crippen molar-refractivity contribution in [1.82, 2.24) is 15.2 Å². The third-order valence-electron chi connectivity index (χ3n) is 4.37. The van der Waals surface area contributed by atoms with Crippen molar-refractivity contribution in [3.05, 3.63) is 45.7 Å². The minimum absolute atomic E-state index is 0.109. The van der Waals surface area contributed by atoms with Crippen LogP contribution in [0.25, 0.3) is 0 Å². The Morgan fingerprint density at radius 3 is 3.10 bits per heavy atom. The number of thiazole rings is 1. The molecule has 7 nitrogen and oxygen atoms in total. The van der Waals surface area contributed by atoms with E-state index in [1.807, 2.05) is 0 Å². The van der Waals surface area contributed by atoms with Crippen LogP contribution in [0, 0.1) is 5.82 Å². The number of nitrogens with one attached hydrogen (secondary N) is 1. The molecule has 11 heteroatoms. The van der Waals surface area contributed by atoms with Crippen LogP contribution in [0.2, 0.25) is 5.02 Å². The van der Waals surface area contributed by atoms with Crippen LogP contribution in [-0.2, 0) is 27.3 Å². The molecule has 1 unspecified atom stereocenters. The molecule has 1 amide bonds. The first-order valence-electron chi connectivity index (χ1n) is 9.23. The lowest BCUT2D eigenvalue weighted by Gasteiger charge is -2.33. The van der Waals surface area contributed by atoms with Crippen LogP contribution in [0.5, 0.6) is 0 Å². The topological polar surface area (TPSA) is 91.8 Å². The Morgan fingerprint density at radius 2 is 2.30 bits per heavy atom. The Kier molecular flexibility index (Phi) is 8.46. The van der Waals surface area contributed by atoms with Crippen molar-refractivity contribution in [2.24, 2.45) is 0 Å². The Hall–Kier alpha value is -1.72. The number of carbonyl (C=O) groups excluding carboxylic acids is 1. The highest BCUT2D eigenvalue weighted by Gasteiger charge is 2.22. The number of aromatic nitrogens is 1. The molecule has 1 fully saturated rings. The molecule has 2 heterocycles. The van der Waals surface area contributed by atoms with Crippen molar-refractivity contribution < 1.29 is 23.8 Å². The molecule has 1 atom stereocenters. The highest BCUT2D eigenvalue weighted by Crippen LogP contribution is 2.23. The Bertz CT molecular complexity index is 898. The standard InChI is InChI=1S/C19H21ClFN3O4S2/c20-15-3-1-2-12(18(15)21)8-24-4-5-28-14(9-24)7-22-16(25)11-30-19-23-13(10-29-19)6-17(26)27/h1-3,10,14H,4-9,11H2,(H,22,25)(H,26,27). The zero-order chi connectivity index (χ0) is 21.5. The zero-order valence-electron chi connectivity index (χ0n) is 16.0. The molecule has 0 saturated carbocycles. The zero-order valence-corrected chi connectivity index (χ0v) is 18.4. The number of thioether (sulfide) groups is 1. The van der Waals surface area contributed by atoms with E-state index in [0.717, 1.165) is 0 Å². The fraction of sp³-hybridized carbons (Fsp3) is 0.421. The van der Waals surface area contributed by atoms with E-state index in [0.29, 0.717) is 48.4 Å². The average molecular weight is 474 g/mol. The molecule has 0 bridgehead atoms. The molecular formula is C19H21ClFN3O4S2. The lowest BCUT2D eigenvalue weighted by Crippen LogP contribution is -2.47. The molecule has 1 aliphatic heterocycles. The van der Waals surface area contributed by atoms with Crippen molar-refractivity contribution >= 4 is 46.6 Å². The third-order valence-corrected chi connectivity index (χ3v) is 6.73. The first-order chi connectivity index (χ1) is 14.4. The summed E-state index contributed by atoms with van der Waals surface area (Å²) in [5, 5.41) is 13.4. The molecule has 162 valence electrons. The Balaban J connectivity index is 1.40. The summed E-state index contributed by atoms with van der Waals surface area (Å²) >= 11 is 8.43. The van der Waals surface area contributed by atoms with Crippen LogP contribution in [0.3, 0.4) is 0 Å². The van der Waals surface area contributed by atoms with Crippen LogP contribution >= 0.6 is 34.7 Å². The summed E-state index contributed by atoms with van der Waals surface area (Å²) in [6.07, 6.45) is -0.310. The molecule has 0 spiro atoms. The van der Waals surface area contributed by atoms with Gasteiger partial charge in [0.15, 0.2) is 4.34 Å². The van der Waals surface area contributed by atoms with E-state index in [1.165, 1.54) is 29.2 Å². The Morgan fingerprint density at radius 1 is 1.47 bits per heavy atom. The number of ether oxygens (including phenoxy) is 1. The minimum Gasteiger partial charge on any atom is -0.481 e. The summed E-state index contributed by atoms with van der Waals surface area (Å²) in [6, 6.07) is 4.96. The van der Waals surface area contributed by atoms with E-state index in [9.17, 15) is 14.0 Å². The number of carboxylic acid groups (broad SMARTS) is 1. The van der Waals surface area contributed by atoms with E-state index >= 15 is 0 Å². The van der Waals surface area contributed by atoms with Crippen molar-refractivity contribution in [2.75, 3.05) is 32.0 Å². The van der Waals surface area contributed by atoms with Gasteiger partial charge in [-0.05, 0) is 6.07 Å². The number of aliphatic carboxylic acids is 1. The maximum Gasteiger partial charge on any atom is 0.309 e. The van der Waals surface area contributed by atoms with Crippen molar-refractivity contribution in [1.29, 1.82) is 0 Å². The highest BCUT2D eigenvalue weighted by atomic mass is 35.5. The minimum atomic E-state index is -0.936. The third kappa shape index (κ3) is 6.92. The summed E-state index contributed by atoms with van der Waals surface area (Å²) in [4.78, 5) is 29.1. The first-order valence-corrected chi connectivity index (χ1v) is 11.5. The summed E-state index contributed by atoms with van der Waals surface area (Å²) < 4.78 is 20.5. The first kappa shape index (κ1) is 23.0. The average Bonchev–Trinajstić information content (AvgIpc) is 3.15. The summed E-state index contributed by atoms with van der Waals surface area (Å²) in [7, 11) is 0. The van der Waals surface area contributed by atoms with Crippen LogP contribution in [-0.4, -0.2) is 65.0 Å². The molecule has 1 aromatic carbocycles. The van der Waals surface area contributed by atoms with E-state index in [1.54, 1.807) is 17.5 Å². The number of nitrogens with zero attached hydrogens (tertiary/aromatic N) is 2. The molecule has 1 saturated heterocycles. The van der Waals surface area contributed by atoms with Gasteiger partial charge in [-0.15, -0.1) is 11.3 Å². The number of benzene rings is 1. The number of amides is 1. The normalized spacial score (nSPS) is 17.1. The molecule has 2 aromatic rings. The summed E-state index contributed by atoms with van der Waals surface area (Å²) in [5.41, 5.74) is 1.02. The molecule has 0 aliphatic carbocycles. The van der Waals surface area contributed by atoms with Gasteiger partial charge in [-0.1, -0.05) is 35.5 Å². The van der Waals surface area contributed by atoms with Crippen LogP contribution in [0.1, 0.15) is 11.3 Å². The van der Waals surface area contributed by atoms with Crippen molar-refractivity contribution in [2.45, 2.75) is 23.4 Å². The lowest BCUT2D eigenvalue weighted by molar-refractivity contribution is -0.136. The van der Waals surface area contributed by atoms with Gasteiger partial charge in [0, 0.05) is 37.1 Å². The van der Waals surface area contributed by atoms with Crippen LogP contribution in [0.15, 0.2) is 27.9 Å². The van der Waals surface area contributed by atoms with Gasteiger partial charge in [-0.3, -0.25) is 14.5 Å². The number of halogens is 2. The molecule has 2 N–H and O–H groups in total. The smallest absolute Gasteiger partial charge is 0.309 e. The van der Waals surface area contributed by atoms with Gasteiger partial charge < -0.3 is 15.2 Å². The highest BCUT2D eigenvalue weighted by molar-refractivity contribution is 8.01. The second-order valence-electron chi connectivity index (χ2n) is 6.71. The van der Waals surface area contributed by atoms with E-state index in [2.05, 4.69) is 15.2 Å². The van der Waals surface area contributed by atoms with Gasteiger partial charge >= 0.3 is 5.97 Å². The second-order valence-corrected chi connectivity index (χ2v) is 9.20. The van der Waals surface area contributed by atoms with Gasteiger partial charge in [0.2, 0.25) is 5.91 Å². The molecule has 3 rings (SSSR count). The van der Waals surface area contributed by atoms with Crippen molar-refractivity contribution in [3.63, 3.8) is 0 Å². The molecule has 1 aliphatic rings. The molecule has 1 aromatic heterocycles. The summed E-state index contributed by atoms with van der Waals surface area (Å²) in [6.45, 7) is 2.54. The van der Waals surface area contributed by atoms with E-state index in [-0.39, 0.29) is 29.2 Å². The van der Waals surface area contributed by atoms with Crippen molar-refractivity contribution in [3.8, 4) is 0 Å². The van der Waals surface area contributed by atoms with Gasteiger partial charge in [0.1, 0.15) is 5.82 Å². The SMILES string of the molecule is O=C(O)Cc1csc(SCC(=O)NCC2CN(Cc3cccc(Cl)c3F)CCO2)n1. The number of hydrogen-bond donors (Lipinski definition) is 2. The fourth-order valence-electron chi connectivity index (χ4n) is 2.96. The predicted octanol–water partition coefficient (Wildman–Crippen LogP) is 2.67. The van der Waals surface area contributed by atoms with Gasteiger partial charge in [0.25, 0.3) is 0 Å². The van der Waals surface area contributed by atoms with Crippen LogP contribution in [0.4, 0.5) is 4.39 Å². The van der Waals surface area contributed by atoms with Crippen LogP contribution < -0.4 is 5.32 Å². The number of rotatable bonds is 9. The molecule has 30 heavy (non-hydrogen) atoms. The number of hydrogen-bond acceptors (Lipinski definition) is 7. The van der Waals surface area contributed by atoms with Gasteiger partial charge in [0.05, 0.1) is 35.6 Å². The lowest BCUT2D eigenvalue weighted by atomic mass is 10.1. The maximum absolute atomic E-state index is 14.1. The number of carboxylic acids is 1. The summed E-state index contributed by atoms with van der Waals surface area (Å²) in [5.74, 6) is -1.31. The fourth-order valence-corrected chi connectivity index (χ4v) is 4.82. The number of morpholine rings is 1.